The molecule has 0 heterocycles. The standard InChI is InChI=1S/C10H20O5S/c1-2-3-4-5-6-9(16(13,14)15)7-8-10(11)12/h9H,2-8H2,1H3,(H,11,12)(H,13,14,15). The van der Waals surface area contributed by atoms with Crippen molar-refractivity contribution in [3.63, 3.8) is 0 Å². The highest BCUT2D eigenvalue weighted by atomic mass is 32.2. The van der Waals surface area contributed by atoms with Gasteiger partial charge in [-0.15, -0.1) is 0 Å². The molecule has 1 atom stereocenters. The van der Waals surface area contributed by atoms with Gasteiger partial charge in [0.1, 0.15) is 0 Å². The van der Waals surface area contributed by atoms with Crippen molar-refractivity contribution in [3.8, 4) is 0 Å². The van der Waals surface area contributed by atoms with Crippen LogP contribution in [-0.2, 0) is 14.9 Å². The van der Waals surface area contributed by atoms with E-state index in [2.05, 4.69) is 0 Å². The van der Waals surface area contributed by atoms with Crippen LogP contribution in [0.5, 0.6) is 0 Å². The summed E-state index contributed by atoms with van der Waals surface area (Å²) in [6.45, 7) is 2.05. The molecule has 0 aromatic heterocycles. The monoisotopic (exact) mass is 252 g/mol. The van der Waals surface area contributed by atoms with Gasteiger partial charge in [-0.25, -0.2) is 0 Å². The largest absolute Gasteiger partial charge is 0.481 e. The van der Waals surface area contributed by atoms with E-state index in [1.165, 1.54) is 0 Å². The number of aliphatic carboxylic acids is 1. The maximum Gasteiger partial charge on any atom is 0.303 e. The van der Waals surface area contributed by atoms with Crippen molar-refractivity contribution in [2.75, 3.05) is 0 Å². The van der Waals surface area contributed by atoms with Gasteiger partial charge in [0.25, 0.3) is 10.1 Å². The molecular weight excluding hydrogens is 232 g/mol. The van der Waals surface area contributed by atoms with Crippen LogP contribution in [-0.4, -0.2) is 29.3 Å². The second-order valence-electron chi connectivity index (χ2n) is 3.92. The molecule has 96 valence electrons. The van der Waals surface area contributed by atoms with E-state index in [-0.39, 0.29) is 12.8 Å². The summed E-state index contributed by atoms with van der Waals surface area (Å²) in [5, 5.41) is 7.53. The molecule has 0 amide bonds. The van der Waals surface area contributed by atoms with Crippen LogP contribution in [0.3, 0.4) is 0 Å². The average Bonchev–Trinajstić information content (AvgIpc) is 2.14. The van der Waals surface area contributed by atoms with Gasteiger partial charge in [0.15, 0.2) is 0 Å². The third-order valence-corrected chi connectivity index (χ3v) is 3.79. The highest BCUT2D eigenvalue weighted by Gasteiger charge is 2.23. The molecule has 0 fully saturated rings. The van der Waals surface area contributed by atoms with Crippen LogP contribution < -0.4 is 0 Å². The van der Waals surface area contributed by atoms with Crippen molar-refractivity contribution in [2.24, 2.45) is 0 Å². The predicted octanol–water partition coefficient (Wildman–Crippen LogP) is 2.08. The van der Waals surface area contributed by atoms with E-state index in [0.29, 0.717) is 12.8 Å². The first-order valence-electron chi connectivity index (χ1n) is 5.56. The number of hydrogen-bond acceptors (Lipinski definition) is 3. The minimum Gasteiger partial charge on any atom is -0.481 e. The zero-order chi connectivity index (χ0) is 12.6. The zero-order valence-electron chi connectivity index (χ0n) is 9.55. The number of hydrogen-bond donors (Lipinski definition) is 2. The Morgan fingerprint density at radius 2 is 1.81 bits per heavy atom. The molecule has 0 radical (unpaired) electrons. The molecule has 0 saturated heterocycles. The number of rotatable bonds is 9. The number of unbranched alkanes of at least 4 members (excludes halogenated alkanes) is 3. The maximum atomic E-state index is 11.0. The first-order valence-corrected chi connectivity index (χ1v) is 7.06. The van der Waals surface area contributed by atoms with Crippen LogP contribution in [0, 0.1) is 0 Å². The first kappa shape index (κ1) is 15.4. The number of carbonyl (C=O) groups is 1. The Kier molecular flexibility index (Phi) is 7.33. The van der Waals surface area contributed by atoms with Gasteiger partial charge in [0.2, 0.25) is 0 Å². The lowest BCUT2D eigenvalue weighted by molar-refractivity contribution is -0.137. The van der Waals surface area contributed by atoms with Crippen molar-refractivity contribution in [3.05, 3.63) is 0 Å². The summed E-state index contributed by atoms with van der Waals surface area (Å²) in [6.07, 6.45) is 3.79. The highest BCUT2D eigenvalue weighted by molar-refractivity contribution is 7.86. The molecule has 2 N–H and O–H groups in total. The SMILES string of the molecule is CCCCCCC(CCC(=O)O)S(=O)(=O)O. The Balaban J connectivity index is 4.07. The van der Waals surface area contributed by atoms with E-state index in [1.54, 1.807) is 0 Å². The number of carboxylic acids is 1. The maximum absolute atomic E-state index is 11.0. The van der Waals surface area contributed by atoms with Gasteiger partial charge in [0, 0.05) is 6.42 Å². The summed E-state index contributed by atoms with van der Waals surface area (Å²) in [7, 11) is -4.11. The van der Waals surface area contributed by atoms with Gasteiger partial charge in [-0.3, -0.25) is 9.35 Å². The van der Waals surface area contributed by atoms with Gasteiger partial charge in [0.05, 0.1) is 5.25 Å². The topological polar surface area (TPSA) is 91.7 Å². The Bertz CT molecular complexity index is 296. The van der Waals surface area contributed by atoms with Gasteiger partial charge in [-0.2, -0.15) is 8.42 Å². The zero-order valence-corrected chi connectivity index (χ0v) is 10.4. The molecule has 1 unspecified atom stereocenters. The minimum atomic E-state index is -4.11. The molecule has 0 aliphatic heterocycles. The van der Waals surface area contributed by atoms with Crippen LogP contribution in [0.4, 0.5) is 0 Å². The van der Waals surface area contributed by atoms with Gasteiger partial charge in [-0.1, -0.05) is 32.6 Å². The molecular formula is C10H20O5S. The number of carboxylic acid groups (broad SMARTS) is 1. The fraction of sp³-hybridized carbons (Fsp3) is 0.900. The van der Waals surface area contributed by atoms with Crippen LogP contribution >= 0.6 is 0 Å². The molecule has 0 bridgehead atoms. The Labute approximate surface area is 96.6 Å². The molecule has 0 aromatic carbocycles. The molecule has 0 aromatic rings. The average molecular weight is 252 g/mol. The highest BCUT2D eigenvalue weighted by Crippen LogP contribution is 2.16. The molecule has 6 heteroatoms. The van der Waals surface area contributed by atoms with Crippen LogP contribution in [0.1, 0.15) is 51.9 Å². The molecule has 16 heavy (non-hydrogen) atoms. The Morgan fingerprint density at radius 3 is 2.25 bits per heavy atom. The van der Waals surface area contributed by atoms with E-state index in [4.69, 9.17) is 9.66 Å². The lowest BCUT2D eigenvalue weighted by Gasteiger charge is -2.12. The van der Waals surface area contributed by atoms with E-state index < -0.39 is 21.3 Å². The van der Waals surface area contributed by atoms with Crippen molar-refractivity contribution in [1.29, 1.82) is 0 Å². The molecule has 0 saturated carbocycles. The summed E-state index contributed by atoms with van der Waals surface area (Å²) in [6, 6.07) is 0. The van der Waals surface area contributed by atoms with Gasteiger partial charge in [-0.05, 0) is 12.8 Å². The van der Waals surface area contributed by atoms with E-state index in [0.717, 1.165) is 19.3 Å². The van der Waals surface area contributed by atoms with E-state index in [1.807, 2.05) is 6.92 Å². The summed E-state index contributed by atoms with van der Waals surface area (Å²) >= 11 is 0. The summed E-state index contributed by atoms with van der Waals surface area (Å²) in [5.41, 5.74) is 0. The van der Waals surface area contributed by atoms with Crippen molar-refractivity contribution in [1.82, 2.24) is 0 Å². The molecule has 0 aliphatic carbocycles. The van der Waals surface area contributed by atoms with E-state index in [9.17, 15) is 13.2 Å². The van der Waals surface area contributed by atoms with Gasteiger partial charge >= 0.3 is 5.97 Å². The quantitative estimate of drug-likeness (QED) is 0.484. The molecule has 0 spiro atoms. The molecule has 0 rings (SSSR count). The third-order valence-electron chi connectivity index (χ3n) is 2.48. The van der Waals surface area contributed by atoms with Crippen LogP contribution in [0.25, 0.3) is 0 Å². The fourth-order valence-corrected chi connectivity index (χ4v) is 2.41. The Morgan fingerprint density at radius 1 is 1.19 bits per heavy atom. The lowest BCUT2D eigenvalue weighted by Crippen LogP contribution is -2.21. The lowest BCUT2D eigenvalue weighted by atomic mass is 10.1. The smallest absolute Gasteiger partial charge is 0.303 e. The van der Waals surface area contributed by atoms with Gasteiger partial charge < -0.3 is 5.11 Å². The summed E-state index contributed by atoms with van der Waals surface area (Å²) in [5.74, 6) is -1.04. The van der Waals surface area contributed by atoms with Crippen molar-refractivity contribution < 1.29 is 22.9 Å². The predicted molar refractivity (Wildman–Crippen MR) is 61.0 cm³/mol. The second kappa shape index (κ2) is 7.62. The second-order valence-corrected chi connectivity index (χ2v) is 5.62. The fourth-order valence-electron chi connectivity index (χ4n) is 1.53. The third kappa shape index (κ3) is 7.64. The Hall–Kier alpha value is -0.620. The summed E-state index contributed by atoms with van der Waals surface area (Å²) in [4.78, 5) is 10.3. The first-order chi connectivity index (χ1) is 7.38. The van der Waals surface area contributed by atoms with Crippen molar-refractivity contribution in [2.45, 2.75) is 57.1 Å². The molecule has 0 aliphatic rings. The van der Waals surface area contributed by atoms with Crippen molar-refractivity contribution >= 4 is 16.1 Å². The van der Waals surface area contributed by atoms with Crippen LogP contribution in [0.2, 0.25) is 0 Å². The molecule has 5 nitrogen and oxygen atoms in total. The summed E-state index contributed by atoms with van der Waals surface area (Å²) < 4.78 is 30.9. The normalized spacial score (nSPS) is 13.6. The van der Waals surface area contributed by atoms with Crippen LogP contribution in [0.15, 0.2) is 0 Å². The van der Waals surface area contributed by atoms with E-state index >= 15 is 0 Å². The minimum absolute atomic E-state index is 0.0136.